The van der Waals surface area contributed by atoms with Crippen molar-refractivity contribution in [1.29, 1.82) is 5.26 Å². The van der Waals surface area contributed by atoms with Crippen molar-refractivity contribution in [2.75, 3.05) is 13.2 Å². The first-order chi connectivity index (χ1) is 11.1. The van der Waals surface area contributed by atoms with Gasteiger partial charge in [0, 0.05) is 12.1 Å². The molecular weight excluding hydrogens is 320 g/mol. The quantitative estimate of drug-likeness (QED) is 0.648. The van der Waals surface area contributed by atoms with Crippen LogP contribution in [0.25, 0.3) is 11.3 Å². The Kier molecular flexibility index (Phi) is 5.78. The lowest BCUT2D eigenvalue weighted by Gasteiger charge is -2.03. The summed E-state index contributed by atoms with van der Waals surface area (Å²) in [6.45, 7) is -0.226. The van der Waals surface area contributed by atoms with Crippen molar-refractivity contribution in [1.82, 2.24) is 5.32 Å². The van der Waals surface area contributed by atoms with Crippen LogP contribution in [0.1, 0.15) is 17.0 Å². The van der Waals surface area contributed by atoms with Gasteiger partial charge in [-0.2, -0.15) is 5.26 Å². The van der Waals surface area contributed by atoms with E-state index in [-0.39, 0.29) is 18.7 Å². The average molecular weight is 333 g/mol. The van der Waals surface area contributed by atoms with Gasteiger partial charge in [0.1, 0.15) is 5.76 Å². The SMILES string of the molecule is N#CCCNC(=O)COC(=O)c1ccc(-c2ccccc2Cl)o1. The van der Waals surface area contributed by atoms with Gasteiger partial charge in [0.2, 0.25) is 5.76 Å². The van der Waals surface area contributed by atoms with Gasteiger partial charge in [-0.1, -0.05) is 23.7 Å². The predicted molar refractivity (Wildman–Crippen MR) is 82.7 cm³/mol. The molecule has 1 heterocycles. The normalized spacial score (nSPS) is 9.91. The second-order valence-electron chi connectivity index (χ2n) is 4.48. The summed E-state index contributed by atoms with van der Waals surface area (Å²) >= 11 is 6.06. The number of nitrogens with zero attached hydrogens (tertiary/aromatic N) is 1. The molecule has 2 rings (SSSR count). The number of carbonyl (C=O) groups excluding carboxylic acids is 2. The van der Waals surface area contributed by atoms with Crippen LogP contribution in [0, 0.1) is 11.3 Å². The van der Waals surface area contributed by atoms with Crippen LogP contribution in [-0.4, -0.2) is 25.0 Å². The summed E-state index contributed by atoms with van der Waals surface area (Å²) in [5, 5.41) is 11.3. The summed E-state index contributed by atoms with van der Waals surface area (Å²) in [6, 6.07) is 12.0. The first kappa shape index (κ1) is 16.6. The van der Waals surface area contributed by atoms with E-state index in [1.807, 2.05) is 6.07 Å². The number of rotatable bonds is 6. The van der Waals surface area contributed by atoms with Gasteiger partial charge in [-0.25, -0.2) is 4.79 Å². The maximum Gasteiger partial charge on any atom is 0.374 e. The van der Waals surface area contributed by atoms with E-state index in [0.29, 0.717) is 16.3 Å². The summed E-state index contributed by atoms with van der Waals surface area (Å²) < 4.78 is 10.2. The van der Waals surface area contributed by atoms with E-state index < -0.39 is 18.5 Å². The van der Waals surface area contributed by atoms with Gasteiger partial charge in [0.15, 0.2) is 6.61 Å². The molecule has 0 bridgehead atoms. The Balaban J connectivity index is 1.93. The maximum atomic E-state index is 11.8. The first-order valence-electron chi connectivity index (χ1n) is 6.77. The van der Waals surface area contributed by atoms with Gasteiger partial charge in [0.05, 0.1) is 17.5 Å². The lowest BCUT2D eigenvalue weighted by molar-refractivity contribution is -0.124. The Morgan fingerprint density at radius 1 is 1.26 bits per heavy atom. The molecular formula is C16H13ClN2O4. The number of amides is 1. The second kappa shape index (κ2) is 8.01. The molecule has 118 valence electrons. The molecule has 1 N–H and O–H groups in total. The monoisotopic (exact) mass is 332 g/mol. The summed E-state index contributed by atoms with van der Waals surface area (Å²) in [4.78, 5) is 23.2. The van der Waals surface area contributed by atoms with Crippen LogP contribution < -0.4 is 5.32 Å². The fraction of sp³-hybridized carbons (Fsp3) is 0.188. The maximum absolute atomic E-state index is 11.8. The third-order valence-electron chi connectivity index (χ3n) is 2.84. The van der Waals surface area contributed by atoms with E-state index in [1.54, 1.807) is 30.3 Å². The molecule has 0 spiro atoms. The minimum atomic E-state index is -0.751. The van der Waals surface area contributed by atoms with Crippen LogP contribution in [0.4, 0.5) is 0 Å². The van der Waals surface area contributed by atoms with Crippen molar-refractivity contribution in [3.63, 3.8) is 0 Å². The summed E-state index contributed by atoms with van der Waals surface area (Å²) in [6.07, 6.45) is 0.194. The third-order valence-corrected chi connectivity index (χ3v) is 3.17. The standard InChI is InChI=1S/C16H13ClN2O4/c17-12-5-2-1-4-11(12)13-6-7-14(23-13)16(21)22-10-15(20)19-9-3-8-18/h1-2,4-7H,3,9-10H2,(H,19,20). The molecule has 7 heteroatoms. The largest absolute Gasteiger partial charge is 0.450 e. The molecule has 0 atom stereocenters. The number of esters is 1. The zero-order valence-corrected chi connectivity index (χ0v) is 12.8. The van der Waals surface area contributed by atoms with Gasteiger partial charge >= 0.3 is 5.97 Å². The first-order valence-corrected chi connectivity index (χ1v) is 7.15. The molecule has 0 aliphatic carbocycles. The van der Waals surface area contributed by atoms with Crippen LogP contribution in [0.3, 0.4) is 0 Å². The number of nitrogens with one attached hydrogen (secondary N) is 1. The topological polar surface area (TPSA) is 92.3 Å². The molecule has 1 amide bonds. The van der Waals surface area contributed by atoms with Crippen molar-refractivity contribution in [3.8, 4) is 17.4 Å². The minimum Gasteiger partial charge on any atom is -0.450 e. The van der Waals surface area contributed by atoms with Crippen molar-refractivity contribution >= 4 is 23.5 Å². The molecule has 1 aromatic heterocycles. The van der Waals surface area contributed by atoms with E-state index in [9.17, 15) is 9.59 Å². The molecule has 23 heavy (non-hydrogen) atoms. The van der Waals surface area contributed by atoms with Crippen molar-refractivity contribution in [2.45, 2.75) is 6.42 Å². The fourth-order valence-corrected chi connectivity index (χ4v) is 1.99. The van der Waals surface area contributed by atoms with Gasteiger partial charge < -0.3 is 14.5 Å². The van der Waals surface area contributed by atoms with Crippen LogP contribution in [0.15, 0.2) is 40.8 Å². The number of furan rings is 1. The highest BCUT2D eigenvalue weighted by molar-refractivity contribution is 6.33. The number of carbonyl (C=O) groups is 2. The van der Waals surface area contributed by atoms with Gasteiger partial charge in [-0.3, -0.25) is 4.79 Å². The van der Waals surface area contributed by atoms with E-state index >= 15 is 0 Å². The summed E-state index contributed by atoms with van der Waals surface area (Å²) in [7, 11) is 0. The minimum absolute atomic E-state index is 0.0234. The number of hydrogen-bond acceptors (Lipinski definition) is 5. The fourth-order valence-electron chi connectivity index (χ4n) is 1.76. The lowest BCUT2D eigenvalue weighted by Crippen LogP contribution is -2.29. The van der Waals surface area contributed by atoms with E-state index in [4.69, 9.17) is 26.0 Å². The number of benzene rings is 1. The molecule has 1 aromatic carbocycles. The Labute approximate surface area is 137 Å². The summed E-state index contributed by atoms with van der Waals surface area (Å²) in [5.74, 6) is -0.823. The zero-order valence-electron chi connectivity index (χ0n) is 12.0. The molecule has 2 aromatic rings. The van der Waals surface area contributed by atoms with Crippen molar-refractivity contribution in [2.24, 2.45) is 0 Å². The van der Waals surface area contributed by atoms with Gasteiger partial charge in [-0.05, 0) is 24.3 Å². The van der Waals surface area contributed by atoms with Crippen molar-refractivity contribution in [3.05, 3.63) is 47.2 Å². The Morgan fingerprint density at radius 2 is 2.04 bits per heavy atom. The number of hydrogen-bond donors (Lipinski definition) is 1. The Bertz CT molecular complexity index is 749. The van der Waals surface area contributed by atoms with Crippen LogP contribution in [-0.2, 0) is 9.53 Å². The molecule has 0 radical (unpaired) electrons. The Morgan fingerprint density at radius 3 is 2.78 bits per heavy atom. The molecule has 6 nitrogen and oxygen atoms in total. The van der Waals surface area contributed by atoms with E-state index in [1.165, 1.54) is 6.07 Å². The van der Waals surface area contributed by atoms with Crippen LogP contribution in [0.2, 0.25) is 5.02 Å². The Hall–Kier alpha value is -2.78. The molecule has 0 fully saturated rings. The number of halogens is 1. The average Bonchev–Trinajstić information content (AvgIpc) is 3.03. The predicted octanol–water partition coefficient (Wildman–Crippen LogP) is 2.79. The molecule has 0 aliphatic heterocycles. The molecule has 0 aliphatic rings. The highest BCUT2D eigenvalue weighted by Crippen LogP contribution is 2.29. The van der Waals surface area contributed by atoms with Crippen molar-refractivity contribution < 1.29 is 18.7 Å². The second-order valence-corrected chi connectivity index (χ2v) is 4.89. The number of nitriles is 1. The molecule has 0 saturated heterocycles. The number of ether oxygens (including phenoxy) is 1. The highest BCUT2D eigenvalue weighted by Gasteiger charge is 2.16. The van der Waals surface area contributed by atoms with Gasteiger partial charge in [0.25, 0.3) is 5.91 Å². The van der Waals surface area contributed by atoms with Gasteiger partial charge in [-0.15, -0.1) is 0 Å². The highest BCUT2D eigenvalue weighted by atomic mass is 35.5. The molecule has 0 saturated carbocycles. The van der Waals surface area contributed by atoms with E-state index in [0.717, 1.165) is 0 Å². The smallest absolute Gasteiger partial charge is 0.374 e. The molecule has 0 unspecified atom stereocenters. The lowest BCUT2D eigenvalue weighted by atomic mass is 10.2. The van der Waals surface area contributed by atoms with Crippen LogP contribution >= 0.6 is 11.6 Å². The van der Waals surface area contributed by atoms with E-state index in [2.05, 4.69) is 5.32 Å². The third kappa shape index (κ3) is 4.59. The summed E-state index contributed by atoms with van der Waals surface area (Å²) in [5.41, 5.74) is 0.655. The van der Waals surface area contributed by atoms with Crippen LogP contribution in [0.5, 0.6) is 0 Å². The zero-order chi connectivity index (χ0) is 16.7.